The highest BCUT2D eigenvalue weighted by atomic mass is 16.7. The monoisotopic (exact) mass is 348 g/mol. The second-order valence-corrected chi connectivity index (χ2v) is 7.21. The Bertz CT molecular complexity index is 583. The van der Waals surface area contributed by atoms with Crippen LogP contribution in [0.4, 0.5) is 0 Å². The topological polar surface area (TPSA) is 54.0 Å². The summed E-state index contributed by atoms with van der Waals surface area (Å²) in [5.74, 6) is 0.172. The minimum Gasteiger partial charge on any atom is -0.494 e. The van der Waals surface area contributed by atoms with Gasteiger partial charge in [-0.3, -0.25) is 4.79 Å². The summed E-state index contributed by atoms with van der Waals surface area (Å²) in [6, 6.07) is 7.71. The second-order valence-electron chi connectivity index (χ2n) is 7.21. The minimum absolute atomic E-state index is 0.175. The van der Waals surface area contributed by atoms with Gasteiger partial charge in [0.25, 0.3) is 0 Å². The van der Waals surface area contributed by atoms with Gasteiger partial charge in [-0.05, 0) is 53.2 Å². The molecule has 0 radical (unpaired) electrons. The van der Waals surface area contributed by atoms with Gasteiger partial charge in [0.1, 0.15) is 5.75 Å². The molecule has 0 saturated carbocycles. The Labute approximate surface area is 151 Å². The van der Waals surface area contributed by atoms with Crippen LogP contribution in [0.25, 0.3) is 0 Å². The molecular weight excluding hydrogens is 319 g/mol. The molecule has 5 nitrogen and oxygen atoms in total. The number of benzene rings is 1. The number of hydrogen-bond acceptors (Lipinski definition) is 5. The van der Waals surface area contributed by atoms with Crippen molar-refractivity contribution in [3.05, 3.63) is 29.8 Å². The zero-order valence-electron chi connectivity index (χ0n) is 16.1. The van der Waals surface area contributed by atoms with Crippen molar-refractivity contribution in [2.75, 3.05) is 13.2 Å². The van der Waals surface area contributed by atoms with Crippen molar-refractivity contribution in [1.29, 1.82) is 0 Å². The van der Waals surface area contributed by atoms with E-state index in [1.165, 1.54) is 0 Å². The van der Waals surface area contributed by atoms with Crippen LogP contribution >= 0.6 is 0 Å². The Kier molecular flexibility index (Phi) is 6.17. The fourth-order valence-electron chi connectivity index (χ4n) is 2.88. The molecule has 2 rings (SSSR count). The van der Waals surface area contributed by atoms with E-state index in [2.05, 4.69) is 0 Å². The van der Waals surface area contributed by atoms with E-state index in [0.29, 0.717) is 13.2 Å². The summed E-state index contributed by atoms with van der Waals surface area (Å²) in [4.78, 5) is 12.2. The van der Waals surface area contributed by atoms with Crippen LogP contribution in [0, 0.1) is 0 Å². The molecule has 1 saturated heterocycles. The first-order valence-electron chi connectivity index (χ1n) is 8.94. The minimum atomic E-state index is -0.545. The molecule has 1 heterocycles. The number of ether oxygens (including phenoxy) is 2. The maximum Gasteiger partial charge on any atom is 0.466 e. The van der Waals surface area contributed by atoms with Crippen molar-refractivity contribution in [2.24, 2.45) is 0 Å². The van der Waals surface area contributed by atoms with Gasteiger partial charge in [-0.1, -0.05) is 18.2 Å². The first-order chi connectivity index (χ1) is 11.7. The SMILES string of the molecule is CCOC(=O)CC(B1OC(C)(C)C(C)(C)O1)c1ccccc1OCC. The number of rotatable bonds is 7. The Hall–Kier alpha value is -1.53. The zero-order valence-corrected chi connectivity index (χ0v) is 16.1. The molecule has 25 heavy (non-hydrogen) atoms. The largest absolute Gasteiger partial charge is 0.494 e. The van der Waals surface area contributed by atoms with Crippen molar-refractivity contribution in [2.45, 2.75) is 65.0 Å². The molecule has 6 heteroatoms. The smallest absolute Gasteiger partial charge is 0.466 e. The Morgan fingerprint density at radius 2 is 1.68 bits per heavy atom. The molecule has 0 amide bonds. The summed E-state index contributed by atoms with van der Waals surface area (Å²) in [7, 11) is -0.545. The average Bonchev–Trinajstić information content (AvgIpc) is 2.74. The van der Waals surface area contributed by atoms with Crippen LogP contribution in [0.2, 0.25) is 0 Å². The molecular formula is C19H29BO5. The third-order valence-corrected chi connectivity index (χ3v) is 4.91. The molecule has 1 unspecified atom stereocenters. The molecule has 0 aliphatic carbocycles. The lowest BCUT2D eigenvalue weighted by molar-refractivity contribution is -0.143. The number of carbonyl (C=O) groups excluding carboxylic acids is 1. The van der Waals surface area contributed by atoms with Crippen molar-refractivity contribution in [3.63, 3.8) is 0 Å². The van der Waals surface area contributed by atoms with Crippen LogP contribution in [-0.2, 0) is 18.8 Å². The number of esters is 1. The lowest BCUT2D eigenvalue weighted by atomic mass is 9.66. The van der Waals surface area contributed by atoms with E-state index in [1.54, 1.807) is 6.92 Å². The fraction of sp³-hybridized carbons (Fsp3) is 0.632. The first kappa shape index (κ1) is 19.8. The quantitative estimate of drug-likeness (QED) is 0.555. The molecule has 0 N–H and O–H groups in total. The summed E-state index contributed by atoms with van der Waals surface area (Å²) >= 11 is 0. The van der Waals surface area contributed by atoms with E-state index < -0.39 is 18.3 Å². The van der Waals surface area contributed by atoms with Gasteiger partial charge < -0.3 is 18.8 Å². The fourth-order valence-corrected chi connectivity index (χ4v) is 2.88. The van der Waals surface area contributed by atoms with Crippen LogP contribution in [0.1, 0.15) is 59.3 Å². The van der Waals surface area contributed by atoms with Crippen LogP contribution in [0.3, 0.4) is 0 Å². The Morgan fingerprint density at radius 3 is 2.24 bits per heavy atom. The average molecular weight is 348 g/mol. The summed E-state index contributed by atoms with van der Waals surface area (Å²) in [5, 5.41) is 0. The predicted octanol–water partition coefficient (Wildman–Crippen LogP) is 3.75. The Morgan fingerprint density at radius 1 is 1.08 bits per heavy atom. The van der Waals surface area contributed by atoms with Gasteiger partial charge in [-0.15, -0.1) is 0 Å². The van der Waals surface area contributed by atoms with Gasteiger partial charge in [0.15, 0.2) is 0 Å². The normalized spacial score (nSPS) is 19.5. The molecule has 0 aromatic heterocycles. The lowest BCUT2D eigenvalue weighted by Gasteiger charge is -2.32. The highest BCUT2D eigenvalue weighted by Gasteiger charge is 2.54. The molecule has 1 aliphatic rings. The second kappa shape index (κ2) is 7.79. The molecule has 1 aliphatic heterocycles. The maximum atomic E-state index is 12.2. The van der Waals surface area contributed by atoms with E-state index >= 15 is 0 Å². The van der Waals surface area contributed by atoms with E-state index in [0.717, 1.165) is 11.3 Å². The van der Waals surface area contributed by atoms with Gasteiger partial charge >= 0.3 is 13.1 Å². The van der Waals surface area contributed by atoms with Gasteiger partial charge in [0.05, 0.1) is 30.8 Å². The molecule has 1 fully saturated rings. The van der Waals surface area contributed by atoms with Gasteiger partial charge in [0.2, 0.25) is 0 Å². The molecule has 1 aromatic carbocycles. The predicted molar refractivity (Wildman–Crippen MR) is 97.7 cm³/mol. The summed E-state index contributed by atoms with van der Waals surface area (Å²) in [5.41, 5.74) is -0.0353. The molecule has 138 valence electrons. The molecule has 0 bridgehead atoms. The van der Waals surface area contributed by atoms with Gasteiger partial charge in [-0.25, -0.2) is 0 Å². The zero-order chi connectivity index (χ0) is 18.7. The molecule has 1 atom stereocenters. The lowest BCUT2D eigenvalue weighted by Crippen LogP contribution is -2.41. The van der Waals surface area contributed by atoms with Gasteiger partial charge in [-0.2, -0.15) is 0 Å². The summed E-state index contributed by atoms with van der Waals surface area (Å²) in [6.45, 7) is 12.6. The third kappa shape index (κ3) is 4.36. The third-order valence-electron chi connectivity index (χ3n) is 4.91. The first-order valence-corrected chi connectivity index (χ1v) is 8.94. The van der Waals surface area contributed by atoms with Crippen LogP contribution < -0.4 is 4.74 Å². The summed E-state index contributed by atoms with van der Waals surface area (Å²) in [6.07, 6.45) is 0.175. The number of hydrogen-bond donors (Lipinski definition) is 0. The van der Waals surface area contributed by atoms with E-state index in [1.807, 2.05) is 58.9 Å². The van der Waals surface area contributed by atoms with E-state index in [4.69, 9.17) is 18.8 Å². The van der Waals surface area contributed by atoms with Crippen LogP contribution in [0.15, 0.2) is 24.3 Å². The van der Waals surface area contributed by atoms with Crippen molar-refractivity contribution in [3.8, 4) is 5.75 Å². The van der Waals surface area contributed by atoms with Crippen molar-refractivity contribution < 1.29 is 23.6 Å². The molecule has 1 aromatic rings. The highest BCUT2D eigenvalue weighted by Crippen LogP contribution is 2.43. The number of carbonyl (C=O) groups is 1. The standard InChI is InChI=1S/C19H29BO5/c1-7-22-16-12-10-9-11-14(16)15(13-17(21)23-8-2)20-24-18(3,4)19(5,6)25-20/h9-12,15H,7-8,13H2,1-6H3. The Balaban J connectivity index is 2.36. The summed E-state index contributed by atoms with van der Waals surface area (Å²) < 4.78 is 23.3. The maximum absolute atomic E-state index is 12.2. The van der Waals surface area contributed by atoms with Crippen molar-refractivity contribution in [1.82, 2.24) is 0 Å². The van der Waals surface area contributed by atoms with Gasteiger partial charge in [0, 0.05) is 5.82 Å². The van der Waals surface area contributed by atoms with Crippen LogP contribution in [-0.4, -0.2) is 37.5 Å². The number of para-hydroxylation sites is 1. The van der Waals surface area contributed by atoms with Crippen LogP contribution in [0.5, 0.6) is 5.75 Å². The van der Waals surface area contributed by atoms with E-state index in [9.17, 15) is 4.79 Å². The van der Waals surface area contributed by atoms with Crippen molar-refractivity contribution >= 4 is 13.1 Å². The molecule has 0 spiro atoms. The van der Waals surface area contributed by atoms with E-state index in [-0.39, 0.29) is 18.2 Å². The highest BCUT2D eigenvalue weighted by molar-refractivity contribution is 6.48.